The smallest absolute Gasteiger partial charge is 0.228 e. The second-order valence-corrected chi connectivity index (χ2v) is 7.34. The number of anilines is 2. The number of hydrogen-bond donors (Lipinski definition) is 2. The number of benzene rings is 1. The van der Waals surface area contributed by atoms with Crippen LogP contribution in [-0.2, 0) is 4.79 Å². The number of amides is 1. The fourth-order valence-electron chi connectivity index (χ4n) is 4.52. The first-order valence-electron chi connectivity index (χ1n) is 8.95. The van der Waals surface area contributed by atoms with Crippen LogP contribution < -0.4 is 10.2 Å². The van der Waals surface area contributed by atoms with Crippen molar-refractivity contribution in [2.45, 2.75) is 38.2 Å². The predicted molar refractivity (Wildman–Crippen MR) is 91.6 cm³/mol. The van der Waals surface area contributed by atoms with E-state index in [4.69, 9.17) is 0 Å². The molecule has 2 saturated carbocycles. The molecule has 5 heteroatoms. The normalized spacial score (nSPS) is 29.0. The lowest BCUT2D eigenvalue weighted by atomic mass is 10.0. The molecule has 1 heterocycles. The van der Waals surface area contributed by atoms with Gasteiger partial charge in [-0.2, -0.15) is 5.26 Å². The summed E-state index contributed by atoms with van der Waals surface area (Å²) >= 11 is 0. The third kappa shape index (κ3) is 2.76. The monoisotopic (exact) mass is 325 g/mol. The van der Waals surface area contributed by atoms with Gasteiger partial charge in [-0.05, 0) is 55.7 Å². The van der Waals surface area contributed by atoms with Gasteiger partial charge in [0.1, 0.15) is 6.07 Å². The van der Waals surface area contributed by atoms with Gasteiger partial charge < -0.3 is 15.3 Å². The minimum absolute atomic E-state index is 0.113. The van der Waals surface area contributed by atoms with Gasteiger partial charge in [0.25, 0.3) is 0 Å². The number of nitriles is 1. The molecule has 126 valence electrons. The number of carbonyl (C=O) groups is 1. The van der Waals surface area contributed by atoms with Crippen LogP contribution in [0.1, 0.15) is 37.7 Å². The summed E-state index contributed by atoms with van der Waals surface area (Å²) in [7, 11) is 0. The minimum atomic E-state index is -0.233. The van der Waals surface area contributed by atoms with E-state index in [9.17, 15) is 15.2 Å². The Morgan fingerprint density at radius 3 is 2.58 bits per heavy atom. The van der Waals surface area contributed by atoms with Crippen molar-refractivity contribution in [3.8, 4) is 6.07 Å². The van der Waals surface area contributed by atoms with E-state index in [0.29, 0.717) is 23.1 Å². The van der Waals surface area contributed by atoms with Crippen LogP contribution in [0, 0.1) is 29.1 Å². The van der Waals surface area contributed by atoms with Crippen LogP contribution in [0.3, 0.4) is 0 Å². The van der Waals surface area contributed by atoms with Gasteiger partial charge in [0, 0.05) is 24.7 Å². The number of fused-ring (bicyclic) bond motifs is 1. The van der Waals surface area contributed by atoms with Crippen LogP contribution in [0.2, 0.25) is 0 Å². The predicted octanol–water partition coefficient (Wildman–Crippen LogP) is 2.50. The van der Waals surface area contributed by atoms with E-state index in [2.05, 4.69) is 16.3 Å². The molecule has 0 spiro atoms. The molecule has 1 amide bonds. The van der Waals surface area contributed by atoms with Gasteiger partial charge >= 0.3 is 0 Å². The number of nitrogens with zero attached hydrogens (tertiary/aromatic N) is 2. The van der Waals surface area contributed by atoms with E-state index in [1.165, 1.54) is 19.3 Å². The fraction of sp³-hybridized carbons (Fsp3) is 0.579. The Balaban J connectivity index is 1.45. The summed E-state index contributed by atoms with van der Waals surface area (Å²) in [5.41, 5.74) is 2.19. The number of aliphatic hydroxyl groups excluding tert-OH is 1. The van der Waals surface area contributed by atoms with Gasteiger partial charge in [-0.25, -0.2) is 0 Å². The minimum Gasteiger partial charge on any atom is -0.393 e. The van der Waals surface area contributed by atoms with Gasteiger partial charge in [0.2, 0.25) is 5.91 Å². The molecule has 1 aromatic rings. The van der Waals surface area contributed by atoms with Crippen LogP contribution in [-0.4, -0.2) is 30.2 Å². The molecule has 2 unspecified atom stereocenters. The maximum Gasteiger partial charge on any atom is 0.228 e. The highest BCUT2D eigenvalue weighted by molar-refractivity contribution is 5.95. The molecule has 24 heavy (non-hydrogen) atoms. The van der Waals surface area contributed by atoms with E-state index < -0.39 is 0 Å². The number of carbonyl (C=O) groups excluding carboxylic acids is 1. The van der Waals surface area contributed by atoms with Crippen LogP contribution in [0.25, 0.3) is 0 Å². The Hall–Kier alpha value is -2.06. The highest BCUT2D eigenvalue weighted by atomic mass is 16.3. The average Bonchev–Trinajstić information content (AvgIpc) is 3.08. The molecule has 1 aromatic carbocycles. The first-order valence-corrected chi connectivity index (χ1v) is 8.95. The van der Waals surface area contributed by atoms with Gasteiger partial charge in [-0.3, -0.25) is 4.79 Å². The number of hydrogen-bond acceptors (Lipinski definition) is 4. The molecule has 0 aromatic heterocycles. The summed E-state index contributed by atoms with van der Waals surface area (Å²) in [6, 6.07) is 7.82. The SMILES string of the molecule is N#Cc1cc(NC(=O)C2C3CCCC32)ccc1N1CCC(O)CC1. The molecular formula is C19H23N3O2. The van der Waals surface area contributed by atoms with E-state index in [0.717, 1.165) is 31.6 Å². The van der Waals surface area contributed by atoms with Crippen molar-refractivity contribution in [3.63, 3.8) is 0 Å². The fourth-order valence-corrected chi connectivity index (χ4v) is 4.52. The van der Waals surface area contributed by atoms with E-state index in [-0.39, 0.29) is 17.9 Å². The van der Waals surface area contributed by atoms with Crippen molar-refractivity contribution in [2.24, 2.45) is 17.8 Å². The zero-order chi connectivity index (χ0) is 16.7. The van der Waals surface area contributed by atoms with Gasteiger partial charge in [0.05, 0.1) is 17.4 Å². The molecule has 1 aliphatic heterocycles. The Morgan fingerprint density at radius 1 is 1.21 bits per heavy atom. The summed E-state index contributed by atoms with van der Waals surface area (Å²) in [6.07, 6.45) is 4.86. The highest BCUT2D eigenvalue weighted by Crippen LogP contribution is 2.57. The van der Waals surface area contributed by atoms with E-state index >= 15 is 0 Å². The maximum absolute atomic E-state index is 12.4. The lowest BCUT2D eigenvalue weighted by Gasteiger charge is -2.32. The molecule has 2 N–H and O–H groups in total. The molecule has 1 saturated heterocycles. The Morgan fingerprint density at radius 2 is 1.92 bits per heavy atom. The zero-order valence-corrected chi connectivity index (χ0v) is 13.7. The molecule has 2 aliphatic carbocycles. The van der Waals surface area contributed by atoms with E-state index in [1.54, 1.807) is 6.07 Å². The third-order valence-electron chi connectivity index (χ3n) is 5.90. The largest absolute Gasteiger partial charge is 0.393 e. The summed E-state index contributed by atoms with van der Waals surface area (Å²) in [4.78, 5) is 14.5. The number of piperidine rings is 1. The van der Waals surface area contributed by atoms with Crippen molar-refractivity contribution in [3.05, 3.63) is 23.8 Å². The van der Waals surface area contributed by atoms with E-state index in [1.807, 2.05) is 12.1 Å². The van der Waals surface area contributed by atoms with Gasteiger partial charge in [-0.15, -0.1) is 0 Å². The second kappa shape index (κ2) is 6.10. The topological polar surface area (TPSA) is 76.4 Å². The second-order valence-electron chi connectivity index (χ2n) is 7.34. The van der Waals surface area contributed by atoms with Crippen LogP contribution in [0.15, 0.2) is 18.2 Å². The van der Waals surface area contributed by atoms with Gasteiger partial charge in [0.15, 0.2) is 0 Å². The summed E-state index contributed by atoms with van der Waals surface area (Å²) in [5.74, 6) is 1.49. The zero-order valence-electron chi connectivity index (χ0n) is 13.7. The molecule has 5 nitrogen and oxygen atoms in total. The molecule has 2 atom stereocenters. The first kappa shape index (κ1) is 15.5. The number of aliphatic hydroxyl groups is 1. The molecule has 3 fully saturated rings. The lowest BCUT2D eigenvalue weighted by molar-refractivity contribution is -0.118. The highest BCUT2D eigenvalue weighted by Gasteiger charge is 2.56. The first-order chi connectivity index (χ1) is 11.7. The summed E-state index contributed by atoms with van der Waals surface area (Å²) < 4.78 is 0. The summed E-state index contributed by atoms with van der Waals surface area (Å²) in [6.45, 7) is 1.51. The Kier molecular flexibility index (Phi) is 3.93. The summed E-state index contributed by atoms with van der Waals surface area (Å²) in [5, 5.41) is 22.1. The van der Waals surface area contributed by atoms with Gasteiger partial charge in [-0.1, -0.05) is 6.42 Å². The van der Waals surface area contributed by atoms with Crippen molar-refractivity contribution in [1.29, 1.82) is 5.26 Å². The number of nitrogens with one attached hydrogen (secondary N) is 1. The van der Waals surface area contributed by atoms with Crippen LogP contribution >= 0.6 is 0 Å². The van der Waals surface area contributed by atoms with Crippen LogP contribution in [0.5, 0.6) is 0 Å². The van der Waals surface area contributed by atoms with Crippen molar-refractivity contribution < 1.29 is 9.90 Å². The van der Waals surface area contributed by atoms with Crippen molar-refractivity contribution in [2.75, 3.05) is 23.3 Å². The standard InChI is InChI=1S/C19H23N3O2/c20-11-12-10-13(21-19(24)18-15-2-1-3-16(15)18)4-5-17(12)22-8-6-14(23)7-9-22/h4-5,10,14-16,18,23H,1-3,6-9H2,(H,21,24). The Bertz CT molecular complexity index is 678. The third-order valence-corrected chi connectivity index (χ3v) is 5.90. The van der Waals surface area contributed by atoms with Crippen molar-refractivity contribution in [1.82, 2.24) is 0 Å². The molecule has 3 aliphatic rings. The average molecular weight is 325 g/mol. The van der Waals surface area contributed by atoms with Crippen LogP contribution in [0.4, 0.5) is 11.4 Å². The molecular weight excluding hydrogens is 302 g/mol. The number of rotatable bonds is 3. The van der Waals surface area contributed by atoms with Crippen molar-refractivity contribution >= 4 is 17.3 Å². The maximum atomic E-state index is 12.4. The molecule has 4 rings (SSSR count). The molecule has 0 radical (unpaired) electrons. The molecule has 0 bridgehead atoms. The quantitative estimate of drug-likeness (QED) is 0.895. The Labute approximate surface area is 142 Å². The lowest BCUT2D eigenvalue weighted by Crippen LogP contribution is -2.36.